The average molecular weight is 368 g/mol. The fraction of sp³-hybridized carbons (Fsp3) is 0.273. The fourth-order valence-corrected chi connectivity index (χ4v) is 2.38. The molecule has 0 atom stereocenters. The highest BCUT2D eigenvalue weighted by Gasteiger charge is 2.16. The molecule has 0 N–H and O–H groups in total. The highest BCUT2D eigenvalue weighted by atomic mass is 79.9. The molecule has 114 valence electrons. The standard InChI is InChI=1S/C11H10BrN7O3/c1-17-6-8(12)10(16-17)11-15-14-9(22-11)2-3-18-5-7(4-13-18)19(20)21/h4-6H,2-3H2,1H3. The third-order valence-corrected chi connectivity index (χ3v) is 3.42. The van der Waals surface area contributed by atoms with Gasteiger partial charge in [0.25, 0.3) is 5.89 Å². The molecule has 0 spiro atoms. The van der Waals surface area contributed by atoms with Gasteiger partial charge in [-0.05, 0) is 15.9 Å². The van der Waals surface area contributed by atoms with Crippen LogP contribution in [0.2, 0.25) is 0 Å². The molecule has 3 rings (SSSR count). The van der Waals surface area contributed by atoms with Gasteiger partial charge in [-0.2, -0.15) is 10.2 Å². The SMILES string of the molecule is Cn1cc(Br)c(-c2nnc(CCn3cc([N+](=O)[O-])cn3)o2)n1. The van der Waals surface area contributed by atoms with Crippen molar-refractivity contribution in [2.45, 2.75) is 13.0 Å². The smallest absolute Gasteiger partial charge is 0.306 e. The Kier molecular flexibility index (Phi) is 3.71. The molecular weight excluding hydrogens is 358 g/mol. The van der Waals surface area contributed by atoms with Crippen molar-refractivity contribution in [3.63, 3.8) is 0 Å². The molecular formula is C11H10BrN7O3. The molecule has 0 unspecified atom stereocenters. The minimum absolute atomic E-state index is 0.0522. The zero-order valence-corrected chi connectivity index (χ0v) is 13.0. The second kappa shape index (κ2) is 5.67. The molecule has 3 aromatic rings. The number of hydrogen-bond acceptors (Lipinski definition) is 7. The van der Waals surface area contributed by atoms with E-state index in [-0.39, 0.29) is 5.69 Å². The van der Waals surface area contributed by atoms with E-state index in [9.17, 15) is 10.1 Å². The number of nitrogens with zero attached hydrogens (tertiary/aromatic N) is 7. The number of nitro groups is 1. The number of halogens is 1. The zero-order valence-electron chi connectivity index (χ0n) is 11.4. The van der Waals surface area contributed by atoms with Gasteiger partial charge in [-0.1, -0.05) is 0 Å². The van der Waals surface area contributed by atoms with Crippen LogP contribution in [-0.2, 0) is 20.0 Å². The summed E-state index contributed by atoms with van der Waals surface area (Å²) in [5, 5.41) is 26.6. The molecule has 0 aliphatic carbocycles. The van der Waals surface area contributed by atoms with Gasteiger partial charge in [-0.15, -0.1) is 10.2 Å². The van der Waals surface area contributed by atoms with Crippen molar-refractivity contribution in [3.05, 3.63) is 39.1 Å². The molecule has 0 aromatic carbocycles. The minimum Gasteiger partial charge on any atom is -0.419 e. The van der Waals surface area contributed by atoms with Gasteiger partial charge in [-0.25, -0.2) is 0 Å². The number of rotatable bonds is 5. The van der Waals surface area contributed by atoms with E-state index < -0.39 is 4.92 Å². The lowest BCUT2D eigenvalue weighted by molar-refractivity contribution is -0.385. The lowest BCUT2D eigenvalue weighted by Crippen LogP contribution is -2.01. The maximum atomic E-state index is 10.6. The molecule has 10 nitrogen and oxygen atoms in total. The van der Waals surface area contributed by atoms with Gasteiger partial charge in [0, 0.05) is 26.2 Å². The van der Waals surface area contributed by atoms with Crippen LogP contribution in [0, 0.1) is 10.1 Å². The Balaban J connectivity index is 1.69. The first kappa shape index (κ1) is 14.4. The fourth-order valence-electron chi connectivity index (χ4n) is 1.83. The van der Waals surface area contributed by atoms with Crippen LogP contribution in [0.3, 0.4) is 0 Å². The van der Waals surface area contributed by atoms with Gasteiger partial charge >= 0.3 is 5.69 Å². The van der Waals surface area contributed by atoms with Crippen molar-refractivity contribution >= 4 is 21.6 Å². The van der Waals surface area contributed by atoms with Crippen molar-refractivity contribution in [3.8, 4) is 11.6 Å². The van der Waals surface area contributed by atoms with E-state index in [2.05, 4.69) is 36.3 Å². The van der Waals surface area contributed by atoms with E-state index in [4.69, 9.17) is 4.42 Å². The van der Waals surface area contributed by atoms with Gasteiger partial charge in [-0.3, -0.25) is 19.5 Å². The monoisotopic (exact) mass is 367 g/mol. The predicted octanol–water partition coefficient (Wildman–Crippen LogP) is 1.58. The summed E-state index contributed by atoms with van der Waals surface area (Å²) < 4.78 is 9.38. The summed E-state index contributed by atoms with van der Waals surface area (Å²) in [5.74, 6) is 0.722. The van der Waals surface area contributed by atoms with Crippen molar-refractivity contribution < 1.29 is 9.34 Å². The number of aryl methyl sites for hydroxylation is 3. The Morgan fingerprint density at radius 3 is 2.86 bits per heavy atom. The Labute approximate surface area is 132 Å². The van der Waals surface area contributed by atoms with Gasteiger partial charge in [0.15, 0.2) is 5.69 Å². The Morgan fingerprint density at radius 1 is 1.41 bits per heavy atom. The first-order valence-electron chi connectivity index (χ1n) is 6.21. The summed E-state index contributed by atoms with van der Waals surface area (Å²) in [6.45, 7) is 0.402. The van der Waals surface area contributed by atoms with Crippen LogP contribution < -0.4 is 0 Å². The van der Waals surface area contributed by atoms with Crippen LogP contribution in [-0.4, -0.2) is 34.7 Å². The van der Waals surface area contributed by atoms with Crippen molar-refractivity contribution in [2.75, 3.05) is 0 Å². The average Bonchev–Trinajstić information content (AvgIpc) is 3.16. The van der Waals surface area contributed by atoms with Crippen LogP contribution in [0.1, 0.15) is 5.89 Å². The number of aromatic nitrogens is 6. The summed E-state index contributed by atoms with van der Waals surface area (Å²) in [5.41, 5.74) is 0.514. The molecule has 0 radical (unpaired) electrons. The highest BCUT2D eigenvalue weighted by molar-refractivity contribution is 9.10. The molecule has 3 aromatic heterocycles. The lowest BCUT2D eigenvalue weighted by Gasteiger charge is -1.96. The van der Waals surface area contributed by atoms with Crippen LogP contribution >= 0.6 is 15.9 Å². The molecule has 0 saturated carbocycles. The maximum Gasteiger partial charge on any atom is 0.306 e. The van der Waals surface area contributed by atoms with Gasteiger partial charge < -0.3 is 4.42 Å². The Hall–Kier alpha value is -2.56. The lowest BCUT2D eigenvalue weighted by atomic mass is 10.4. The normalized spacial score (nSPS) is 11.0. The third-order valence-electron chi connectivity index (χ3n) is 2.84. The molecule has 0 bridgehead atoms. The van der Waals surface area contributed by atoms with Crippen LogP contribution in [0.25, 0.3) is 11.6 Å². The molecule has 3 heterocycles. The first-order chi connectivity index (χ1) is 10.5. The molecule has 0 aliphatic rings. The second-order valence-corrected chi connectivity index (χ2v) is 5.32. The predicted molar refractivity (Wildman–Crippen MR) is 76.8 cm³/mol. The van der Waals surface area contributed by atoms with Crippen LogP contribution in [0.15, 0.2) is 27.5 Å². The topological polar surface area (TPSA) is 118 Å². The first-order valence-corrected chi connectivity index (χ1v) is 7.01. The molecule has 0 aliphatic heterocycles. The molecule has 0 saturated heterocycles. The summed E-state index contributed by atoms with van der Waals surface area (Å²) in [4.78, 5) is 10.1. The summed E-state index contributed by atoms with van der Waals surface area (Å²) in [7, 11) is 1.79. The summed E-state index contributed by atoms with van der Waals surface area (Å²) in [6.07, 6.45) is 4.75. The second-order valence-electron chi connectivity index (χ2n) is 4.47. The van der Waals surface area contributed by atoms with Gasteiger partial charge in [0.1, 0.15) is 12.4 Å². The molecule has 0 amide bonds. The maximum absolute atomic E-state index is 10.6. The van der Waals surface area contributed by atoms with Crippen molar-refractivity contribution in [1.29, 1.82) is 0 Å². The van der Waals surface area contributed by atoms with Crippen LogP contribution in [0.5, 0.6) is 0 Å². The van der Waals surface area contributed by atoms with E-state index in [0.29, 0.717) is 30.4 Å². The largest absolute Gasteiger partial charge is 0.419 e. The van der Waals surface area contributed by atoms with Gasteiger partial charge in [0.05, 0.1) is 9.40 Å². The molecule has 11 heteroatoms. The Morgan fingerprint density at radius 2 is 2.23 bits per heavy atom. The van der Waals surface area contributed by atoms with Gasteiger partial charge in [0.2, 0.25) is 5.89 Å². The highest BCUT2D eigenvalue weighted by Crippen LogP contribution is 2.25. The van der Waals surface area contributed by atoms with Crippen molar-refractivity contribution in [1.82, 2.24) is 29.8 Å². The number of hydrogen-bond donors (Lipinski definition) is 0. The Bertz CT molecular complexity index is 821. The zero-order chi connectivity index (χ0) is 15.7. The van der Waals surface area contributed by atoms with Crippen LogP contribution in [0.4, 0.5) is 5.69 Å². The quantitative estimate of drug-likeness (QED) is 0.496. The molecule has 22 heavy (non-hydrogen) atoms. The van der Waals surface area contributed by atoms with E-state index in [1.54, 1.807) is 17.9 Å². The van der Waals surface area contributed by atoms with Crippen molar-refractivity contribution in [2.24, 2.45) is 7.05 Å². The van der Waals surface area contributed by atoms with E-state index >= 15 is 0 Å². The van der Waals surface area contributed by atoms with E-state index in [0.717, 1.165) is 4.47 Å². The summed E-state index contributed by atoms with van der Waals surface area (Å²) in [6, 6.07) is 0. The molecule has 0 fully saturated rings. The minimum atomic E-state index is -0.493. The summed E-state index contributed by atoms with van der Waals surface area (Å²) >= 11 is 3.37. The van der Waals surface area contributed by atoms with E-state index in [1.807, 2.05) is 0 Å². The third kappa shape index (κ3) is 2.88. The van der Waals surface area contributed by atoms with E-state index in [1.165, 1.54) is 17.1 Å².